The fourth-order valence-electron chi connectivity index (χ4n) is 4.40. The molecule has 0 bridgehead atoms. The first-order chi connectivity index (χ1) is 19.8. The third-order valence-corrected chi connectivity index (χ3v) is 6.61. The molecule has 3 aromatic rings. The molecule has 0 unspecified atom stereocenters. The predicted octanol–water partition coefficient (Wildman–Crippen LogP) is 5.21. The highest BCUT2D eigenvalue weighted by molar-refractivity contribution is 6.06. The van der Waals surface area contributed by atoms with Crippen LogP contribution in [0.25, 0.3) is 0 Å². The molecule has 1 aliphatic heterocycles. The molecule has 216 valence electrons. The van der Waals surface area contributed by atoms with Crippen molar-refractivity contribution in [3.63, 3.8) is 0 Å². The number of nitrogens with zero attached hydrogens (tertiary/aromatic N) is 3. The normalized spacial score (nSPS) is 13.4. The molecule has 12 heteroatoms. The first-order valence-corrected chi connectivity index (χ1v) is 12.9. The van der Waals surface area contributed by atoms with Crippen LogP contribution in [-0.2, 0) is 4.74 Å². The summed E-state index contributed by atoms with van der Waals surface area (Å²) in [5.74, 6) is 1.37. The van der Waals surface area contributed by atoms with Crippen LogP contribution in [0.15, 0.2) is 66.7 Å². The topological polar surface area (TPSA) is 141 Å². The Morgan fingerprint density at radius 3 is 2.22 bits per heavy atom. The quantitative estimate of drug-likeness (QED) is 0.245. The number of rotatable bonds is 11. The van der Waals surface area contributed by atoms with Crippen molar-refractivity contribution in [2.45, 2.75) is 18.9 Å². The molecular weight excluding hydrogens is 534 g/mol. The van der Waals surface area contributed by atoms with E-state index >= 15 is 0 Å². The standard InChI is InChI=1S/C29H31N3O9/c1-38-18-17-31(21-5-10-24(11-6-21)41-26-12-7-22(32(36)37)19-27(26)39-2)28(33)20-3-8-23(9-4-20)40-25-13-15-30(16-14-25)29(34)35/h3-12,19,25H,13-18H2,1-2H3,(H,34,35). The number of hydrogen-bond donors (Lipinski definition) is 1. The number of non-ortho nitro benzene ring substituents is 1. The van der Waals surface area contributed by atoms with E-state index in [9.17, 15) is 19.7 Å². The second-order valence-electron chi connectivity index (χ2n) is 9.25. The number of piperidine rings is 1. The van der Waals surface area contributed by atoms with E-state index in [1.807, 2.05) is 0 Å². The van der Waals surface area contributed by atoms with Gasteiger partial charge in [-0.3, -0.25) is 14.9 Å². The molecule has 2 amide bonds. The smallest absolute Gasteiger partial charge is 0.407 e. The minimum atomic E-state index is -0.920. The number of anilines is 1. The van der Waals surface area contributed by atoms with Crippen molar-refractivity contribution in [3.8, 4) is 23.0 Å². The number of carbonyl (C=O) groups is 2. The Morgan fingerprint density at radius 1 is 0.976 bits per heavy atom. The summed E-state index contributed by atoms with van der Waals surface area (Å²) < 4.78 is 22.3. The molecule has 0 radical (unpaired) electrons. The Bertz CT molecular complexity index is 1350. The Morgan fingerprint density at radius 2 is 1.63 bits per heavy atom. The lowest BCUT2D eigenvalue weighted by Crippen LogP contribution is -2.41. The van der Waals surface area contributed by atoms with Gasteiger partial charge in [0.1, 0.15) is 17.6 Å². The van der Waals surface area contributed by atoms with E-state index in [-0.39, 0.29) is 23.4 Å². The molecule has 1 heterocycles. The van der Waals surface area contributed by atoms with Gasteiger partial charge in [-0.25, -0.2) is 4.79 Å². The van der Waals surface area contributed by atoms with Gasteiger partial charge >= 0.3 is 6.09 Å². The lowest BCUT2D eigenvalue weighted by atomic mass is 10.1. The molecule has 0 saturated carbocycles. The molecule has 41 heavy (non-hydrogen) atoms. The maximum absolute atomic E-state index is 13.5. The SMILES string of the molecule is COCCN(C(=O)c1ccc(OC2CCN(C(=O)O)CC2)cc1)c1ccc(Oc2ccc([N+](=O)[O-])cc2OC)cc1. The molecule has 1 saturated heterocycles. The van der Waals surface area contributed by atoms with E-state index in [4.69, 9.17) is 24.1 Å². The third-order valence-electron chi connectivity index (χ3n) is 6.61. The fourth-order valence-corrected chi connectivity index (χ4v) is 4.40. The molecule has 1 N–H and O–H groups in total. The summed E-state index contributed by atoms with van der Waals surface area (Å²) in [4.78, 5) is 38.1. The zero-order valence-electron chi connectivity index (χ0n) is 22.7. The number of benzene rings is 3. The van der Waals surface area contributed by atoms with Crippen LogP contribution in [-0.4, -0.2) is 73.5 Å². The average molecular weight is 566 g/mol. The number of amides is 2. The van der Waals surface area contributed by atoms with Crippen molar-refractivity contribution in [1.29, 1.82) is 0 Å². The highest BCUT2D eigenvalue weighted by Crippen LogP contribution is 2.35. The zero-order chi connectivity index (χ0) is 29.4. The highest BCUT2D eigenvalue weighted by atomic mass is 16.6. The predicted molar refractivity (Wildman–Crippen MR) is 149 cm³/mol. The van der Waals surface area contributed by atoms with Crippen molar-refractivity contribution < 1.29 is 38.6 Å². The van der Waals surface area contributed by atoms with Gasteiger partial charge in [0.05, 0.1) is 24.7 Å². The summed E-state index contributed by atoms with van der Waals surface area (Å²) in [6.07, 6.45) is 0.205. The first-order valence-electron chi connectivity index (χ1n) is 12.9. The molecule has 3 aromatic carbocycles. The van der Waals surface area contributed by atoms with E-state index in [0.29, 0.717) is 67.6 Å². The minimum absolute atomic E-state index is 0.0861. The molecule has 4 rings (SSSR count). The van der Waals surface area contributed by atoms with Gasteiger partial charge in [-0.05, 0) is 54.6 Å². The lowest BCUT2D eigenvalue weighted by Gasteiger charge is -2.30. The van der Waals surface area contributed by atoms with Crippen LogP contribution >= 0.6 is 0 Å². The van der Waals surface area contributed by atoms with Crippen LogP contribution in [0.2, 0.25) is 0 Å². The highest BCUT2D eigenvalue weighted by Gasteiger charge is 2.24. The van der Waals surface area contributed by atoms with Gasteiger partial charge in [0.2, 0.25) is 0 Å². The number of methoxy groups -OCH3 is 2. The second-order valence-corrected chi connectivity index (χ2v) is 9.25. The third kappa shape index (κ3) is 7.42. The summed E-state index contributed by atoms with van der Waals surface area (Å²) in [6, 6.07) is 17.8. The van der Waals surface area contributed by atoms with Crippen molar-refractivity contribution in [1.82, 2.24) is 4.90 Å². The van der Waals surface area contributed by atoms with E-state index in [2.05, 4.69) is 0 Å². The number of carbonyl (C=O) groups excluding carboxylic acids is 1. The van der Waals surface area contributed by atoms with E-state index < -0.39 is 11.0 Å². The Kier molecular flexibility index (Phi) is 9.59. The van der Waals surface area contributed by atoms with Crippen LogP contribution in [0.4, 0.5) is 16.2 Å². The van der Waals surface area contributed by atoms with Crippen LogP contribution < -0.4 is 19.1 Å². The van der Waals surface area contributed by atoms with E-state index in [0.717, 1.165) is 0 Å². The van der Waals surface area contributed by atoms with Gasteiger partial charge < -0.3 is 33.9 Å². The van der Waals surface area contributed by atoms with Crippen molar-refractivity contribution in [2.75, 3.05) is 45.4 Å². The van der Waals surface area contributed by atoms with Gasteiger partial charge in [0.25, 0.3) is 11.6 Å². The first kappa shape index (κ1) is 29.2. The van der Waals surface area contributed by atoms with E-state index in [1.54, 1.807) is 60.5 Å². The van der Waals surface area contributed by atoms with Gasteiger partial charge in [-0.1, -0.05) is 0 Å². The summed E-state index contributed by atoms with van der Waals surface area (Å²) in [7, 11) is 2.96. The average Bonchev–Trinajstić information content (AvgIpc) is 2.98. The summed E-state index contributed by atoms with van der Waals surface area (Å²) in [6.45, 7) is 1.49. The lowest BCUT2D eigenvalue weighted by molar-refractivity contribution is -0.384. The molecule has 0 spiro atoms. The molecular formula is C29H31N3O9. The Labute approximate surface area is 236 Å². The number of likely N-dealkylation sites (tertiary alicyclic amines) is 1. The molecule has 12 nitrogen and oxygen atoms in total. The maximum atomic E-state index is 13.5. The summed E-state index contributed by atoms with van der Waals surface area (Å²) in [5, 5.41) is 20.1. The van der Waals surface area contributed by atoms with Crippen LogP contribution in [0.3, 0.4) is 0 Å². The minimum Gasteiger partial charge on any atom is -0.493 e. The van der Waals surface area contributed by atoms with Crippen LogP contribution in [0.1, 0.15) is 23.2 Å². The second kappa shape index (κ2) is 13.5. The molecule has 0 aromatic heterocycles. The van der Waals surface area contributed by atoms with Gasteiger partial charge in [-0.15, -0.1) is 0 Å². The molecule has 0 aliphatic carbocycles. The summed E-state index contributed by atoms with van der Waals surface area (Å²) >= 11 is 0. The molecule has 1 aliphatic rings. The fraction of sp³-hybridized carbons (Fsp3) is 0.310. The van der Waals surface area contributed by atoms with Crippen molar-refractivity contribution in [2.24, 2.45) is 0 Å². The molecule has 0 atom stereocenters. The van der Waals surface area contributed by atoms with E-state index in [1.165, 1.54) is 30.2 Å². The summed E-state index contributed by atoms with van der Waals surface area (Å²) in [5.41, 5.74) is 0.975. The maximum Gasteiger partial charge on any atom is 0.407 e. The van der Waals surface area contributed by atoms with Gasteiger partial charge in [0, 0.05) is 56.9 Å². The number of nitro groups is 1. The number of nitro benzene ring substituents is 1. The number of carboxylic acid groups (broad SMARTS) is 1. The zero-order valence-corrected chi connectivity index (χ0v) is 22.7. The van der Waals surface area contributed by atoms with Gasteiger partial charge in [-0.2, -0.15) is 0 Å². The van der Waals surface area contributed by atoms with Gasteiger partial charge in [0.15, 0.2) is 11.5 Å². The number of ether oxygens (including phenoxy) is 4. The largest absolute Gasteiger partial charge is 0.493 e. The van der Waals surface area contributed by atoms with Crippen LogP contribution in [0, 0.1) is 10.1 Å². The number of hydrogen-bond acceptors (Lipinski definition) is 8. The van der Waals surface area contributed by atoms with Crippen molar-refractivity contribution >= 4 is 23.4 Å². The van der Waals surface area contributed by atoms with Crippen molar-refractivity contribution in [3.05, 3.63) is 82.4 Å². The Balaban J connectivity index is 1.43. The monoisotopic (exact) mass is 565 g/mol. The Hall–Kier alpha value is -4.84. The molecule has 1 fully saturated rings. The van der Waals surface area contributed by atoms with Crippen LogP contribution in [0.5, 0.6) is 23.0 Å².